The lowest BCUT2D eigenvalue weighted by Gasteiger charge is -2.25. The summed E-state index contributed by atoms with van der Waals surface area (Å²) in [6.07, 6.45) is 36.2. The first-order chi connectivity index (χ1) is 23.1. The maximum atomic E-state index is 13.0. The Morgan fingerprint density at radius 1 is 0.500 bits per heavy atom. The van der Waals surface area contributed by atoms with Crippen LogP contribution in [0.2, 0.25) is 0 Å². The van der Waals surface area contributed by atoms with Gasteiger partial charge in [0.05, 0.1) is 0 Å². The van der Waals surface area contributed by atoms with Crippen LogP contribution in [-0.2, 0) is 29.2 Å². The van der Waals surface area contributed by atoms with Gasteiger partial charge in [-0.05, 0) is 12.8 Å². The molecular formula is C39H76O8S. The highest BCUT2D eigenvalue weighted by Gasteiger charge is 2.38. The van der Waals surface area contributed by atoms with E-state index in [0.29, 0.717) is 12.8 Å². The van der Waals surface area contributed by atoms with Crippen LogP contribution in [0.1, 0.15) is 226 Å². The zero-order valence-electron chi connectivity index (χ0n) is 31.3. The molecule has 0 aliphatic rings. The summed E-state index contributed by atoms with van der Waals surface area (Å²) in [6.45, 7) is 3.66. The Bertz CT molecular complexity index is 847. The zero-order valence-corrected chi connectivity index (χ0v) is 32.1. The second kappa shape index (κ2) is 33.3. The van der Waals surface area contributed by atoms with Crippen molar-refractivity contribution in [3.8, 4) is 0 Å². The monoisotopic (exact) mass is 705 g/mol. The third-order valence-corrected chi connectivity index (χ3v) is 9.78. The fraction of sp³-hybridized carbons (Fsp3) is 0.949. The Labute approximate surface area is 296 Å². The molecule has 0 radical (unpaired) electrons. The molecule has 48 heavy (non-hydrogen) atoms. The molecule has 0 aromatic carbocycles. The molecule has 0 aliphatic carbocycles. The van der Waals surface area contributed by atoms with Crippen molar-refractivity contribution in [1.82, 2.24) is 0 Å². The molecule has 1 atom stereocenters. The van der Waals surface area contributed by atoms with E-state index in [-0.39, 0.29) is 18.6 Å². The largest absolute Gasteiger partial charge is 0.424 e. The van der Waals surface area contributed by atoms with Gasteiger partial charge >= 0.3 is 10.4 Å². The standard InChI is InChI=1S/C39H76O8S/c1-3-5-7-9-11-13-15-17-19-21-23-25-27-29-31-33-37(40)35-39(42,36-46-47-48(43,44)45)38(41)34-32-30-28-26-24-22-20-18-16-14-12-10-8-6-4-2/h42H,3-36H2,1-2H3,(H,43,44,45). The lowest BCUT2D eigenvalue weighted by molar-refractivity contribution is -0.240. The average Bonchev–Trinajstić information content (AvgIpc) is 3.04. The van der Waals surface area contributed by atoms with Gasteiger partial charge in [0, 0.05) is 19.3 Å². The fourth-order valence-electron chi connectivity index (χ4n) is 6.41. The minimum absolute atomic E-state index is 0.0657. The normalized spacial score (nSPS) is 13.2. The molecule has 0 heterocycles. The molecule has 0 spiro atoms. The van der Waals surface area contributed by atoms with E-state index in [1.165, 1.54) is 141 Å². The predicted octanol–water partition coefficient (Wildman–Crippen LogP) is 11.5. The average molecular weight is 705 g/mol. The first-order valence-corrected chi connectivity index (χ1v) is 21.6. The van der Waals surface area contributed by atoms with Gasteiger partial charge in [-0.3, -0.25) is 14.1 Å². The van der Waals surface area contributed by atoms with Crippen molar-refractivity contribution in [2.75, 3.05) is 6.61 Å². The second-order valence-corrected chi connectivity index (χ2v) is 15.3. The van der Waals surface area contributed by atoms with Gasteiger partial charge in [-0.15, -0.1) is 0 Å². The summed E-state index contributed by atoms with van der Waals surface area (Å²) in [5, 5.41) is 11.0. The summed E-state index contributed by atoms with van der Waals surface area (Å²) in [5.41, 5.74) is -2.19. The summed E-state index contributed by atoms with van der Waals surface area (Å²) in [7, 11) is -4.91. The van der Waals surface area contributed by atoms with Gasteiger partial charge in [0.2, 0.25) is 0 Å². The van der Waals surface area contributed by atoms with Crippen molar-refractivity contribution in [2.45, 2.75) is 231 Å². The highest BCUT2D eigenvalue weighted by molar-refractivity contribution is 7.80. The third kappa shape index (κ3) is 32.3. The van der Waals surface area contributed by atoms with E-state index in [2.05, 4.69) is 23.1 Å². The first kappa shape index (κ1) is 47.1. The number of ketones is 2. The van der Waals surface area contributed by atoms with Crippen LogP contribution in [0.5, 0.6) is 0 Å². The number of unbranched alkanes of at least 4 members (excludes halogenated alkanes) is 28. The van der Waals surface area contributed by atoms with E-state index in [1.54, 1.807) is 0 Å². The van der Waals surface area contributed by atoms with E-state index >= 15 is 0 Å². The molecule has 0 saturated carbocycles. The van der Waals surface area contributed by atoms with E-state index in [9.17, 15) is 23.1 Å². The highest BCUT2D eigenvalue weighted by atomic mass is 32.3. The van der Waals surface area contributed by atoms with Crippen molar-refractivity contribution in [3.63, 3.8) is 0 Å². The molecule has 0 amide bonds. The number of Topliss-reactive ketones (excluding diaryl/α,β-unsaturated/α-hetero) is 2. The fourth-order valence-corrected chi connectivity index (χ4v) is 6.58. The second-order valence-electron chi connectivity index (χ2n) is 14.3. The zero-order chi connectivity index (χ0) is 35.6. The van der Waals surface area contributed by atoms with Gasteiger partial charge in [0.25, 0.3) is 0 Å². The molecular weight excluding hydrogens is 628 g/mol. The number of rotatable bonds is 39. The van der Waals surface area contributed by atoms with Gasteiger partial charge in [0.1, 0.15) is 12.4 Å². The van der Waals surface area contributed by atoms with Gasteiger partial charge in [0.15, 0.2) is 11.4 Å². The first-order valence-electron chi connectivity index (χ1n) is 20.2. The van der Waals surface area contributed by atoms with Crippen molar-refractivity contribution < 1.29 is 36.9 Å². The molecule has 0 saturated heterocycles. The van der Waals surface area contributed by atoms with Crippen LogP contribution in [0.4, 0.5) is 0 Å². The maximum Gasteiger partial charge on any atom is 0.424 e. The molecule has 0 aliphatic heterocycles. The van der Waals surface area contributed by atoms with E-state index in [0.717, 1.165) is 38.5 Å². The van der Waals surface area contributed by atoms with Gasteiger partial charge in [-0.25, -0.2) is 4.89 Å². The minimum Gasteiger partial charge on any atom is -0.379 e. The van der Waals surface area contributed by atoms with Crippen molar-refractivity contribution in [2.24, 2.45) is 0 Å². The van der Waals surface area contributed by atoms with Crippen LogP contribution >= 0.6 is 0 Å². The van der Waals surface area contributed by atoms with Crippen LogP contribution < -0.4 is 0 Å². The third-order valence-electron chi connectivity index (χ3n) is 9.51. The van der Waals surface area contributed by atoms with E-state index in [4.69, 9.17) is 4.55 Å². The molecule has 8 nitrogen and oxygen atoms in total. The number of hydrogen-bond acceptors (Lipinski definition) is 7. The molecule has 0 rings (SSSR count). The SMILES string of the molecule is CCCCCCCCCCCCCCCCCC(=O)CC(O)(COOS(=O)(=O)O)C(=O)CCCCCCCCCCCCCCCCC. The number of carbonyl (C=O) groups is 2. The summed E-state index contributed by atoms with van der Waals surface area (Å²) in [4.78, 5) is 30.1. The van der Waals surface area contributed by atoms with Crippen LogP contribution in [0.25, 0.3) is 0 Å². The summed E-state index contributed by atoms with van der Waals surface area (Å²) >= 11 is 0. The molecule has 0 bridgehead atoms. The van der Waals surface area contributed by atoms with Crippen LogP contribution in [0.3, 0.4) is 0 Å². The highest BCUT2D eigenvalue weighted by Crippen LogP contribution is 2.21. The molecule has 0 aromatic rings. The summed E-state index contributed by atoms with van der Waals surface area (Å²) < 4.78 is 34.4. The lowest BCUT2D eigenvalue weighted by atomic mass is 9.88. The molecule has 0 aromatic heterocycles. The van der Waals surface area contributed by atoms with Crippen molar-refractivity contribution >= 4 is 22.0 Å². The summed E-state index contributed by atoms with van der Waals surface area (Å²) in [6, 6.07) is 0. The predicted molar refractivity (Wildman–Crippen MR) is 197 cm³/mol. The smallest absolute Gasteiger partial charge is 0.379 e. The van der Waals surface area contributed by atoms with Crippen LogP contribution in [0, 0.1) is 0 Å². The maximum absolute atomic E-state index is 13.0. The molecule has 9 heteroatoms. The van der Waals surface area contributed by atoms with Crippen molar-refractivity contribution in [3.05, 3.63) is 0 Å². The van der Waals surface area contributed by atoms with Crippen molar-refractivity contribution in [1.29, 1.82) is 0 Å². The Morgan fingerprint density at radius 3 is 1.10 bits per heavy atom. The Morgan fingerprint density at radius 2 is 0.792 bits per heavy atom. The Balaban J connectivity index is 4.13. The van der Waals surface area contributed by atoms with E-state index < -0.39 is 34.8 Å². The summed E-state index contributed by atoms with van der Waals surface area (Å²) in [5.74, 6) is -0.839. The van der Waals surface area contributed by atoms with E-state index in [1.807, 2.05) is 0 Å². The molecule has 0 fully saturated rings. The lowest BCUT2D eigenvalue weighted by Crippen LogP contribution is -2.45. The minimum atomic E-state index is -4.91. The molecule has 286 valence electrons. The number of aliphatic hydroxyl groups is 1. The molecule has 2 N–H and O–H groups in total. The Kier molecular flexibility index (Phi) is 32.7. The van der Waals surface area contributed by atoms with Gasteiger partial charge < -0.3 is 5.11 Å². The Hall–Kier alpha value is -0.870. The van der Waals surface area contributed by atoms with Gasteiger partial charge in [-0.2, -0.15) is 8.42 Å². The molecule has 1 unspecified atom stereocenters. The van der Waals surface area contributed by atoms with Gasteiger partial charge in [-0.1, -0.05) is 198 Å². The number of hydrogen-bond donors (Lipinski definition) is 2. The quantitative estimate of drug-likeness (QED) is 0.0280. The van der Waals surface area contributed by atoms with Crippen LogP contribution in [-0.4, -0.2) is 41.9 Å². The number of carbonyl (C=O) groups excluding carboxylic acids is 2. The topological polar surface area (TPSA) is 127 Å². The van der Waals surface area contributed by atoms with Crippen LogP contribution in [0.15, 0.2) is 0 Å².